The maximum atomic E-state index is 13.9. The van der Waals surface area contributed by atoms with Crippen molar-refractivity contribution in [3.63, 3.8) is 0 Å². The van der Waals surface area contributed by atoms with Crippen LogP contribution in [-0.4, -0.2) is 44.5 Å². The Morgan fingerprint density at radius 2 is 1.85 bits per heavy atom. The van der Waals surface area contributed by atoms with Crippen molar-refractivity contribution in [2.45, 2.75) is 30.6 Å². The first-order valence-electron chi connectivity index (χ1n) is 12.1. The first-order chi connectivity index (χ1) is 18.7. The Kier molecular flexibility index (Phi) is 6.87. The molecule has 2 atom stereocenters. The topological polar surface area (TPSA) is 125 Å². The van der Waals surface area contributed by atoms with Gasteiger partial charge in [0.05, 0.1) is 20.8 Å². The maximum Gasteiger partial charge on any atom is 0.267 e. The van der Waals surface area contributed by atoms with Crippen molar-refractivity contribution in [1.29, 1.82) is 0 Å². The number of benzene rings is 3. The van der Waals surface area contributed by atoms with Crippen LogP contribution in [0.4, 0.5) is 0 Å². The molecule has 2 N–H and O–H groups in total. The zero-order chi connectivity index (χ0) is 27.9. The van der Waals surface area contributed by atoms with Gasteiger partial charge in [0.2, 0.25) is 11.7 Å². The monoisotopic (exact) mass is 552 g/mol. The first-order valence-corrected chi connectivity index (χ1v) is 13.6. The van der Waals surface area contributed by atoms with Crippen LogP contribution >= 0.6 is 0 Å². The lowest BCUT2D eigenvalue weighted by Crippen LogP contribution is -2.42. The number of nitrogens with zero attached hydrogens (tertiary/aromatic N) is 1. The molecular weight excluding hydrogens is 524 g/mol. The highest BCUT2D eigenvalue weighted by Gasteiger charge is 2.42. The van der Waals surface area contributed by atoms with Crippen molar-refractivity contribution >= 4 is 26.8 Å². The van der Waals surface area contributed by atoms with E-state index in [2.05, 4.69) is 4.72 Å². The van der Waals surface area contributed by atoms with Crippen LogP contribution in [0.3, 0.4) is 0 Å². The molecule has 1 aliphatic heterocycles. The Morgan fingerprint density at radius 3 is 2.56 bits per heavy atom. The minimum Gasteiger partial charge on any atom is -0.495 e. The molecule has 3 aromatic carbocycles. The third-order valence-corrected chi connectivity index (χ3v) is 8.03. The molecule has 1 aliphatic rings. The van der Waals surface area contributed by atoms with Crippen LogP contribution in [0.1, 0.15) is 22.6 Å². The summed E-state index contributed by atoms with van der Waals surface area (Å²) in [6, 6.07) is 15.0. The van der Waals surface area contributed by atoms with Crippen molar-refractivity contribution in [3.8, 4) is 23.0 Å². The number of aryl methyl sites for hydroxylation is 2. The number of hydrogen-bond acceptors (Lipinski definition) is 8. The summed E-state index contributed by atoms with van der Waals surface area (Å²) in [5, 5.41) is 10.3. The van der Waals surface area contributed by atoms with E-state index in [-0.39, 0.29) is 17.3 Å². The molecule has 11 heteroatoms. The fraction of sp³-hybridized carbons (Fsp3) is 0.250. The Bertz CT molecular complexity index is 1680. The fourth-order valence-corrected chi connectivity index (χ4v) is 5.89. The number of methoxy groups -OCH3 is 2. The Hall–Kier alpha value is -4.22. The molecule has 0 aliphatic carbocycles. The van der Waals surface area contributed by atoms with Gasteiger partial charge in [-0.1, -0.05) is 24.3 Å². The second-order valence-electron chi connectivity index (χ2n) is 9.20. The number of aliphatic hydroxyl groups is 1. The Balaban J connectivity index is 1.59. The number of para-hydroxylation sites is 1. The van der Waals surface area contributed by atoms with Crippen LogP contribution in [0.2, 0.25) is 0 Å². The SMILES string of the molecule is COc1cc(C)ccc1S(=O)(=O)NC(=O)C(c1cn(C)c2cc(CO)ccc12)C1Oc2cccc(OC)c2O1. The Labute approximate surface area is 225 Å². The molecule has 4 aromatic rings. The van der Waals surface area contributed by atoms with Gasteiger partial charge in [-0.2, -0.15) is 0 Å². The minimum atomic E-state index is -4.34. The number of fused-ring (bicyclic) bond motifs is 2. The molecule has 204 valence electrons. The van der Waals surface area contributed by atoms with E-state index in [0.29, 0.717) is 33.8 Å². The summed E-state index contributed by atoms with van der Waals surface area (Å²) in [5.41, 5.74) is 2.71. The van der Waals surface area contributed by atoms with Gasteiger partial charge in [-0.25, -0.2) is 13.1 Å². The molecule has 0 saturated heterocycles. The van der Waals surface area contributed by atoms with Crippen LogP contribution < -0.4 is 23.7 Å². The van der Waals surface area contributed by atoms with Gasteiger partial charge < -0.3 is 28.6 Å². The summed E-state index contributed by atoms with van der Waals surface area (Å²) in [7, 11) is 0.305. The third-order valence-electron chi connectivity index (χ3n) is 6.64. The van der Waals surface area contributed by atoms with Gasteiger partial charge in [0, 0.05) is 24.1 Å². The van der Waals surface area contributed by atoms with Gasteiger partial charge in [-0.15, -0.1) is 0 Å². The number of amides is 1. The zero-order valence-electron chi connectivity index (χ0n) is 21.8. The summed E-state index contributed by atoms with van der Waals surface area (Å²) in [6.07, 6.45) is 0.525. The van der Waals surface area contributed by atoms with E-state index in [4.69, 9.17) is 18.9 Å². The summed E-state index contributed by atoms with van der Waals surface area (Å²) in [4.78, 5) is 13.7. The molecule has 0 spiro atoms. The number of sulfonamides is 1. The van der Waals surface area contributed by atoms with Crippen LogP contribution in [0.5, 0.6) is 23.0 Å². The number of aliphatic hydroxyl groups excluding tert-OH is 1. The molecule has 1 aromatic heterocycles. The predicted octanol–water partition coefficient (Wildman–Crippen LogP) is 3.38. The standard InChI is InChI=1S/C28H28N2O8S/c1-16-8-11-24(23(12-16)36-4)39(33,34)29-27(32)25(28-37-22-7-5-6-21(35-3)26(22)38-28)19-14-30(2)20-13-17(15-31)9-10-18(19)20/h5-14,25,28,31H,15H2,1-4H3,(H,29,32). The molecule has 2 heterocycles. The van der Waals surface area contributed by atoms with Crippen molar-refractivity contribution < 1.29 is 37.3 Å². The fourth-order valence-electron chi connectivity index (χ4n) is 4.73. The van der Waals surface area contributed by atoms with E-state index < -0.39 is 28.1 Å². The van der Waals surface area contributed by atoms with E-state index in [1.807, 2.05) is 0 Å². The number of aromatic nitrogens is 1. The van der Waals surface area contributed by atoms with E-state index in [1.54, 1.807) is 73.3 Å². The normalized spacial score (nSPS) is 15.3. The molecule has 0 fully saturated rings. The molecule has 2 unspecified atom stereocenters. The molecule has 1 amide bonds. The first kappa shape index (κ1) is 26.4. The van der Waals surface area contributed by atoms with Crippen molar-refractivity contribution in [2.24, 2.45) is 7.05 Å². The highest BCUT2D eigenvalue weighted by atomic mass is 32.2. The lowest BCUT2D eigenvalue weighted by atomic mass is 9.96. The average molecular weight is 553 g/mol. The largest absolute Gasteiger partial charge is 0.495 e. The third kappa shape index (κ3) is 4.75. The quantitative estimate of drug-likeness (QED) is 0.341. The summed E-state index contributed by atoms with van der Waals surface area (Å²) < 4.78 is 53.6. The average Bonchev–Trinajstić information content (AvgIpc) is 3.48. The smallest absolute Gasteiger partial charge is 0.267 e. The zero-order valence-corrected chi connectivity index (χ0v) is 22.6. The number of carbonyl (C=O) groups is 1. The number of hydrogen-bond donors (Lipinski definition) is 2. The predicted molar refractivity (Wildman–Crippen MR) is 143 cm³/mol. The van der Waals surface area contributed by atoms with Gasteiger partial charge in [0.25, 0.3) is 16.3 Å². The molecule has 39 heavy (non-hydrogen) atoms. The van der Waals surface area contributed by atoms with Crippen LogP contribution in [0.15, 0.2) is 65.7 Å². The van der Waals surface area contributed by atoms with Crippen molar-refractivity contribution in [1.82, 2.24) is 9.29 Å². The Morgan fingerprint density at radius 1 is 1.08 bits per heavy atom. The van der Waals surface area contributed by atoms with E-state index in [0.717, 1.165) is 11.1 Å². The van der Waals surface area contributed by atoms with Gasteiger partial charge in [0.1, 0.15) is 16.6 Å². The van der Waals surface area contributed by atoms with Crippen LogP contribution in [-0.2, 0) is 28.5 Å². The lowest BCUT2D eigenvalue weighted by Gasteiger charge is -2.22. The van der Waals surface area contributed by atoms with Crippen LogP contribution in [0, 0.1) is 6.92 Å². The van der Waals surface area contributed by atoms with Gasteiger partial charge in [0.15, 0.2) is 11.5 Å². The molecule has 0 saturated carbocycles. The number of ether oxygens (including phenoxy) is 4. The highest BCUT2D eigenvalue weighted by Crippen LogP contribution is 2.46. The van der Waals surface area contributed by atoms with Gasteiger partial charge in [-0.3, -0.25) is 4.79 Å². The lowest BCUT2D eigenvalue weighted by molar-refractivity contribution is -0.126. The van der Waals surface area contributed by atoms with Crippen molar-refractivity contribution in [2.75, 3.05) is 14.2 Å². The van der Waals surface area contributed by atoms with E-state index >= 15 is 0 Å². The van der Waals surface area contributed by atoms with Crippen molar-refractivity contribution in [3.05, 3.63) is 77.5 Å². The second kappa shape index (κ2) is 10.2. The summed E-state index contributed by atoms with van der Waals surface area (Å²) in [5.74, 6) is -0.863. The minimum absolute atomic E-state index is 0.110. The second-order valence-corrected chi connectivity index (χ2v) is 10.8. The molecular formula is C28H28N2O8S. The maximum absolute atomic E-state index is 13.9. The van der Waals surface area contributed by atoms with E-state index in [9.17, 15) is 18.3 Å². The highest BCUT2D eigenvalue weighted by molar-refractivity contribution is 7.90. The van der Waals surface area contributed by atoms with Crippen LogP contribution in [0.25, 0.3) is 10.9 Å². The summed E-state index contributed by atoms with van der Waals surface area (Å²) in [6.45, 7) is 1.65. The van der Waals surface area contributed by atoms with E-state index in [1.165, 1.54) is 20.3 Å². The summed E-state index contributed by atoms with van der Waals surface area (Å²) >= 11 is 0. The number of carbonyl (C=O) groups excluding carboxylic acids is 1. The van der Waals surface area contributed by atoms with Gasteiger partial charge >= 0.3 is 0 Å². The molecule has 5 rings (SSSR count). The molecule has 0 bridgehead atoms. The molecule has 10 nitrogen and oxygen atoms in total. The molecule has 0 radical (unpaired) electrons. The number of rotatable bonds is 8. The van der Waals surface area contributed by atoms with Gasteiger partial charge in [-0.05, 0) is 53.9 Å². The number of nitrogens with one attached hydrogen (secondary N) is 1.